The minimum atomic E-state index is -0.106. The molecule has 2 saturated carbocycles. The van der Waals surface area contributed by atoms with Crippen molar-refractivity contribution in [2.75, 3.05) is 5.75 Å². The van der Waals surface area contributed by atoms with Crippen LogP contribution < -0.4 is 5.56 Å². The van der Waals surface area contributed by atoms with Crippen molar-refractivity contribution in [1.82, 2.24) is 9.55 Å². The zero-order valence-electron chi connectivity index (χ0n) is 20.9. The van der Waals surface area contributed by atoms with Crippen molar-refractivity contribution >= 4 is 17.5 Å². The van der Waals surface area contributed by atoms with Gasteiger partial charge < -0.3 is 0 Å². The number of hydrogen-bond acceptors (Lipinski definition) is 4. The van der Waals surface area contributed by atoms with Crippen LogP contribution in [0.4, 0.5) is 0 Å². The summed E-state index contributed by atoms with van der Waals surface area (Å²) in [4.78, 5) is 32.8. The van der Waals surface area contributed by atoms with Crippen LogP contribution in [0.1, 0.15) is 91.7 Å². The molecule has 0 amide bonds. The number of Topliss-reactive ketones (excluding diaryl/α,β-unsaturated/α-hetero) is 1. The maximum atomic E-state index is 14.6. The number of hydrogen-bond donors (Lipinski definition) is 0. The molecule has 0 radical (unpaired) electrons. The molecular weight excluding hydrogens is 464 g/mol. The van der Waals surface area contributed by atoms with E-state index >= 15 is 0 Å². The fourth-order valence-electron chi connectivity index (χ4n) is 6.80. The molecule has 2 aromatic carbocycles. The standard InChI is InChI=1S/C31H34N2O2S/c34-26(22-12-4-1-5-13-22)21-36-30-32-28-25-17-9-8-14-23(25)20-31(18-10-3-11-19-31)27(28)29(35)33(30)24-15-6-2-7-16-24/h1,4-5,8-9,12-14,17,24H,2-3,6-7,10-11,15-16,18-21H2. The van der Waals surface area contributed by atoms with E-state index in [1.54, 1.807) is 0 Å². The number of aromatic nitrogens is 2. The first-order valence-corrected chi connectivity index (χ1v) is 14.6. The second kappa shape index (κ2) is 10.0. The van der Waals surface area contributed by atoms with Crippen LogP contribution in [0.15, 0.2) is 64.5 Å². The van der Waals surface area contributed by atoms with E-state index in [0.29, 0.717) is 5.56 Å². The highest BCUT2D eigenvalue weighted by molar-refractivity contribution is 7.99. The van der Waals surface area contributed by atoms with Crippen LogP contribution in [0.2, 0.25) is 0 Å². The summed E-state index contributed by atoms with van der Waals surface area (Å²) in [6.45, 7) is 0. The first-order chi connectivity index (χ1) is 17.7. The van der Waals surface area contributed by atoms with Crippen LogP contribution in [0, 0.1) is 0 Å². The zero-order chi connectivity index (χ0) is 24.5. The Morgan fingerprint density at radius 3 is 2.39 bits per heavy atom. The summed E-state index contributed by atoms with van der Waals surface area (Å²) >= 11 is 1.44. The number of ketones is 1. The Kier molecular flexibility index (Phi) is 6.59. The molecule has 0 N–H and O–H groups in total. The molecule has 1 spiro atoms. The van der Waals surface area contributed by atoms with E-state index in [4.69, 9.17) is 4.98 Å². The van der Waals surface area contributed by atoms with E-state index in [-0.39, 0.29) is 28.6 Å². The number of carbonyl (C=O) groups is 1. The number of thioether (sulfide) groups is 1. The largest absolute Gasteiger partial charge is 0.293 e. The lowest BCUT2D eigenvalue weighted by Gasteiger charge is -2.42. The van der Waals surface area contributed by atoms with Crippen molar-refractivity contribution < 1.29 is 4.79 Å². The van der Waals surface area contributed by atoms with E-state index in [1.165, 1.54) is 43.0 Å². The lowest BCUT2D eigenvalue weighted by Crippen LogP contribution is -2.44. The number of nitrogens with zero attached hydrogens (tertiary/aromatic N) is 2. The quantitative estimate of drug-likeness (QED) is 0.213. The third kappa shape index (κ3) is 4.26. The molecule has 3 aliphatic rings. The van der Waals surface area contributed by atoms with Gasteiger partial charge in [-0.3, -0.25) is 14.2 Å². The fraction of sp³-hybridized carbons (Fsp3) is 0.452. The molecule has 3 aliphatic carbocycles. The van der Waals surface area contributed by atoms with Gasteiger partial charge in [0.15, 0.2) is 10.9 Å². The van der Waals surface area contributed by atoms with Gasteiger partial charge in [0.25, 0.3) is 5.56 Å². The minimum absolute atomic E-state index is 0.0758. The smallest absolute Gasteiger partial charge is 0.258 e. The molecule has 5 heteroatoms. The van der Waals surface area contributed by atoms with Crippen molar-refractivity contribution in [2.45, 2.75) is 87.2 Å². The summed E-state index contributed by atoms with van der Waals surface area (Å²) in [5, 5.41) is 0.720. The lowest BCUT2D eigenvalue weighted by molar-refractivity contribution is 0.102. The van der Waals surface area contributed by atoms with Crippen molar-refractivity contribution in [1.29, 1.82) is 0 Å². The van der Waals surface area contributed by atoms with E-state index in [1.807, 2.05) is 34.9 Å². The maximum absolute atomic E-state index is 14.6. The number of fused-ring (bicyclic) bond motifs is 4. The average molecular weight is 499 g/mol. The predicted molar refractivity (Wildman–Crippen MR) is 146 cm³/mol. The Balaban J connectivity index is 1.49. The molecule has 6 rings (SSSR count). The van der Waals surface area contributed by atoms with E-state index in [9.17, 15) is 9.59 Å². The Bertz CT molecular complexity index is 1320. The van der Waals surface area contributed by atoms with Gasteiger partial charge in [-0.25, -0.2) is 4.98 Å². The molecule has 0 saturated heterocycles. The molecule has 0 aliphatic heterocycles. The van der Waals surface area contributed by atoms with Crippen LogP contribution in [-0.4, -0.2) is 21.1 Å². The van der Waals surface area contributed by atoms with E-state index in [0.717, 1.165) is 66.9 Å². The van der Waals surface area contributed by atoms with Crippen molar-refractivity contribution in [3.05, 3.63) is 81.6 Å². The first kappa shape index (κ1) is 23.7. The van der Waals surface area contributed by atoms with Crippen molar-refractivity contribution in [2.24, 2.45) is 0 Å². The SMILES string of the molecule is O=C(CSc1nc2c(c(=O)n1C1CCCCC1)C1(CCCCC1)Cc1ccccc1-2)c1ccccc1. The molecule has 2 fully saturated rings. The molecule has 1 aromatic heterocycles. The summed E-state index contributed by atoms with van der Waals surface area (Å²) in [5.74, 6) is 0.362. The molecular formula is C31H34N2O2S. The van der Waals surface area contributed by atoms with E-state index in [2.05, 4.69) is 24.3 Å². The maximum Gasteiger partial charge on any atom is 0.258 e. The lowest BCUT2D eigenvalue weighted by atomic mass is 9.62. The number of rotatable bonds is 5. The summed E-state index contributed by atoms with van der Waals surface area (Å²) in [6.07, 6.45) is 12.2. The van der Waals surface area contributed by atoms with Crippen molar-refractivity contribution in [3.8, 4) is 11.3 Å². The van der Waals surface area contributed by atoms with Gasteiger partial charge in [-0.1, -0.05) is 105 Å². The monoisotopic (exact) mass is 498 g/mol. The summed E-state index contributed by atoms with van der Waals surface area (Å²) in [6, 6.07) is 18.1. The van der Waals surface area contributed by atoms with Gasteiger partial charge in [-0.15, -0.1) is 0 Å². The number of carbonyl (C=O) groups excluding carboxylic acids is 1. The average Bonchev–Trinajstić information content (AvgIpc) is 2.93. The van der Waals surface area contributed by atoms with Gasteiger partial charge in [-0.05, 0) is 37.7 Å². The highest BCUT2D eigenvalue weighted by atomic mass is 32.2. The highest BCUT2D eigenvalue weighted by Crippen LogP contribution is 2.49. The molecule has 36 heavy (non-hydrogen) atoms. The van der Waals surface area contributed by atoms with Gasteiger partial charge in [0.2, 0.25) is 0 Å². The molecule has 0 bridgehead atoms. The van der Waals surface area contributed by atoms with Gasteiger partial charge in [0, 0.05) is 22.6 Å². The minimum Gasteiger partial charge on any atom is -0.293 e. The molecule has 186 valence electrons. The summed E-state index contributed by atoms with van der Waals surface area (Å²) in [7, 11) is 0. The third-order valence-electron chi connectivity index (χ3n) is 8.59. The Hall–Kier alpha value is -2.66. The van der Waals surface area contributed by atoms with Gasteiger partial charge >= 0.3 is 0 Å². The fourth-order valence-corrected chi connectivity index (χ4v) is 7.75. The molecule has 0 atom stereocenters. The molecule has 0 unspecified atom stereocenters. The first-order valence-electron chi connectivity index (χ1n) is 13.6. The highest BCUT2D eigenvalue weighted by Gasteiger charge is 2.44. The van der Waals surface area contributed by atoms with Crippen LogP contribution in [-0.2, 0) is 11.8 Å². The molecule has 1 heterocycles. The Morgan fingerprint density at radius 1 is 0.917 bits per heavy atom. The summed E-state index contributed by atoms with van der Waals surface area (Å²) < 4.78 is 2.02. The zero-order valence-corrected chi connectivity index (χ0v) is 21.7. The predicted octanol–water partition coefficient (Wildman–Crippen LogP) is 7.15. The van der Waals surface area contributed by atoms with Crippen molar-refractivity contribution in [3.63, 3.8) is 0 Å². The topological polar surface area (TPSA) is 52.0 Å². The number of benzene rings is 2. The summed E-state index contributed by atoms with van der Waals surface area (Å²) in [5.41, 5.74) is 5.03. The van der Waals surface area contributed by atoms with Crippen LogP contribution in [0.5, 0.6) is 0 Å². The Labute approximate surface area is 217 Å². The van der Waals surface area contributed by atoms with Gasteiger partial charge in [0.1, 0.15) is 0 Å². The second-order valence-corrected chi connectivity index (χ2v) is 11.8. The van der Waals surface area contributed by atoms with Crippen LogP contribution >= 0.6 is 11.8 Å². The normalized spacial score (nSPS) is 19.0. The van der Waals surface area contributed by atoms with E-state index < -0.39 is 0 Å². The van der Waals surface area contributed by atoms with Gasteiger partial charge in [0.05, 0.1) is 17.0 Å². The third-order valence-corrected chi connectivity index (χ3v) is 9.55. The Morgan fingerprint density at radius 2 is 1.61 bits per heavy atom. The van der Waals surface area contributed by atoms with Crippen LogP contribution in [0.25, 0.3) is 11.3 Å². The van der Waals surface area contributed by atoms with Crippen LogP contribution in [0.3, 0.4) is 0 Å². The second-order valence-electron chi connectivity index (χ2n) is 10.8. The molecule has 3 aromatic rings. The molecule has 4 nitrogen and oxygen atoms in total. The van der Waals surface area contributed by atoms with Gasteiger partial charge in [-0.2, -0.15) is 0 Å².